The topological polar surface area (TPSA) is 52.9 Å². The Kier molecular flexibility index (Phi) is 3.79. The van der Waals surface area contributed by atoms with Gasteiger partial charge in [-0.3, -0.25) is 4.79 Å². The van der Waals surface area contributed by atoms with Crippen molar-refractivity contribution in [1.82, 2.24) is 0 Å². The lowest BCUT2D eigenvalue weighted by Gasteiger charge is -2.07. The molecule has 2 aromatic rings. The normalized spacial score (nSPS) is 9.74. The van der Waals surface area contributed by atoms with Crippen LogP contribution in [0.25, 0.3) is 0 Å². The molecule has 0 radical (unpaired) electrons. The predicted molar refractivity (Wildman–Crippen MR) is 70.5 cm³/mol. The fourth-order valence-electron chi connectivity index (χ4n) is 1.54. The van der Waals surface area contributed by atoms with Crippen LogP contribution in [0.2, 0.25) is 5.02 Å². The van der Waals surface area contributed by atoms with Gasteiger partial charge in [-0.25, -0.2) is 4.39 Å². The molecule has 0 aromatic heterocycles. The van der Waals surface area contributed by atoms with Gasteiger partial charge >= 0.3 is 0 Å². The first-order valence-electron chi connectivity index (χ1n) is 5.37. The van der Waals surface area contributed by atoms with E-state index < -0.39 is 11.7 Å². The number of nitrogens with zero attached hydrogens (tertiary/aromatic N) is 1. The first-order valence-corrected chi connectivity index (χ1v) is 5.74. The maximum atomic E-state index is 12.9. The molecule has 2 aromatic carbocycles. The molecule has 0 spiro atoms. The highest BCUT2D eigenvalue weighted by Crippen LogP contribution is 2.19. The van der Waals surface area contributed by atoms with Crippen LogP contribution < -0.4 is 5.32 Å². The van der Waals surface area contributed by atoms with Crippen molar-refractivity contribution in [2.24, 2.45) is 0 Å². The van der Waals surface area contributed by atoms with Gasteiger partial charge in [0, 0.05) is 5.69 Å². The standard InChI is InChI=1S/C14H8ClFN2O/c15-13-7-10(16)4-5-12(13)14(19)18-11-3-1-2-9(6-11)8-17/h1-7H,(H,18,19). The summed E-state index contributed by atoms with van der Waals surface area (Å²) in [6.07, 6.45) is 0. The van der Waals surface area contributed by atoms with E-state index in [0.717, 1.165) is 12.1 Å². The zero-order valence-corrected chi connectivity index (χ0v) is 10.4. The van der Waals surface area contributed by atoms with Gasteiger partial charge in [-0.1, -0.05) is 17.7 Å². The Morgan fingerprint density at radius 3 is 2.74 bits per heavy atom. The van der Waals surface area contributed by atoms with E-state index in [-0.39, 0.29) is 10.6 Å². The van der Waals surface area contributed by atoms with E-state index >= 15 is 0 Å². The van der Waals surface area contributed by atoms with Crippen LogP contribution in [-0.4, -0.2) is 5.91 Å². The number of halogens is 2. The lowest BCUT2D eigenvalue weighted by molar-refractivity contribution is 0.102. The lowest BCUT2D eigenvalue weighted by atomic mass is 10.2. The Balaban J connectivity index is 2.23. The molecule has 0 bridgehead atoms. The van der Waals surface area contributed by atoms with Crippen LogP contribution in [0.15, 0.2) is 42.5 Å². The number of rotatable bonds is 2. The highest BCUT2D eigenvalue weighted by Gasteiger charge is 2.11. The van der Waals surface area contributed by atoms with E-state index in [1.54, 1.807) is 18.2 Å². The summed E-state index contributed by atoms with van der Waals surface area (Å²) in [5.41, 5.74) is 1.08. The Hall–Kier alpha value is -2.38. The van der Waals surface area contributed by atoms with Crippen molar-refractivity contribution in [2.75, 3.05) is 5.32 Å². The van der Waals surface area contributed by atoms with E-state index in [1.807, 2.05) is 6.07 Å². The minimum absolute atomic E-state index is 0.0361. The largest absolute Gasteiger partial charge is 0.322 e. The molecule has 1 N–H and O–H groups in total. The van der Waals surface area contributed by atoms with Crippen molar-refractivity contribution in [3.8, 4) is 6.07 Å². The predicted octanol–water partition coefficient (Wildman–Crippen LogP) is 3.60. The summed E-state index contributed by atoms with van der Waals surface area (Å²) in [5, 5.41) is 11.4. The van der Waals surface area contributed by atoms with Gasteiger partial charge < -0.3 is 5.32 Å². The van der Waals surface area contributed by atoms with Gasteiger partial charge in [0.15, 0.2) is 0 Å². The summed E-state index contributed by atoms with van der Waals surface area (Å²) >= 11 is 5.80. The van der Waals surface area contributed by atoms with E-state index in [9.17, 15) is 9.18 Å². The van der Waals surface area contributed by atoms with Crippen LogP contribution in [-0.2, 0) is 0 Å². The third-order valence-electron chi connectivity index (χ3n) is 2.43. The van der Waals surface area contributed by atoms with Gasteiger partial charge in [0.25, 0.3) is 5.91 Å². The minimum atomic E-state index is -0.506. The van der Waals surface area contributed by atoms with Gasteiger partial charge in [0.1, 0.15) is 5.82 Å². The number of benzene rings is 2. The monoisotopic (exact) mass is 274 g/mol. The first kappa shape index (κ1) is 13.1. The Labute approximate surface area is 114 Å². The van der Waals surface area contributed by atoms with Crippen molar-refractivity contribution >= 4 is 23.2 Å². The maximum Gasteiger partial charge on any atom is 0.257 e. The van der Waals surface area contributed by atoms with E-state index in [4.69, 9.17) is 16.9 Å². The van der Waals surface area contributed by atoms with E-state index in [1.165, 1.54) is 12.1 Å². The summed E-state index contributed by atoms with van der Waals surface area (Å²) in [6, 6.07) is 12.0. The number of hydrogen-bond acceptors (Lipinski definition) is 2. The number of amides is 1. The number of nitrogens with one attached hydrogen (secondary N) is 1. The number of carbonyl (C=O) groups excluding carboxylic acids is 1. The van der Waals surface area contributed by atoms with E-state index in [2.05, 4.69) is 5.32 Å². The molecule has 19 heavy (non-hydrogen) atoms. The summed E-state index contributed by atoms with van der Waals surface area (Å²) in [6.45, 7) is 0. The van der Waals surface area contributed by atoms with E-state index in [0.29, 0.717) is 11.3 Å². The van der Waals surface area contributed by atoms with Gasteiger partial charge in [-0.05, 0) is 36.4 Å². The maximum absolute atomic E-state index is 12.9. The Morgan fingerprint density at radius 2 is 2.05 bits per heavy atom. The SMILES string of the molecule is N#Cc1cccc(NC(=O)c2ccc(F)cc2Cl)c1. The fraction of sp³-hybridized carbons (Fsp3) is 0. The van der Waals surface area contributed by atoms with Crippen molar-refractivity contribution in [2.45, 2.75) is 0 Å². The van der Waals surface area contributed by atoms with Gasteiger partial charge in [-0.15, -0.1) is 0 Å². The van der Waals surface area contributed by atoms with Crippen molar-refractivity contribution in [3.05, 3.63) is 64.4 Å². The second kappa shape index (κ2) is 5.51. The smallest absolute Gasteiger partial charge is 0.257 e. The van der Waals surface area contributed by atoms with Crippen LogP contribution >= 0.6 is 11.6 Å². The third kappa shape index (κ3) is 3.09. The van der Waals surface area contributed by atoms with Gasteiger partial charge in [-0.2, -0.15) is 5.26 Å². The van der Waals surface area contributed by atoms with Gasteiger partial charge in [0.2, 0.25) is 0 Å². The molecule has 0 saturated carbocycles. The van der Waals surface area contributed by atoms with Crippen LogP contribution in [0.5, 0.6) is 0 Å². The number of hydrogen-bond donors (Lipinski definition) is 1. The molecular weight excluding hydrogens is 267 g/mol. The highest BCUT2D eigenvalue weighted by atomic mass is 35.5. The highest BCUT2D eigenvalue weighted by molar-refractivity contribution is 6.34. The average molecular weight is 275 g/mol. The van der Waals surface area contributed by atoms with Crippen LogP contribution in [0.1, 0.15) is 15.9 Å². The molecule has 5 heteroatoms. The molecule has 0 heterocycles. The third-order valence-corrected chi connectivity index (χ3v) is 2.74. The zero-order valence-electron chi connectivity index (χ0n) is 9.65. The lowest BCUT2D eigenvalue weighted by Crippen LogP contribution is -2.12. The van der Waals surface area contributed by atoms with Crippen LogP contribution in [0.3, 0.4) is 0 Å². The fourth-order valence-corrected chi connectivity index (χ4v) is 1.79. The summed E-state index contributed by atoms with van der Waals surface area (Å²) < 4.78 is 12.9. The molecule has 0 unspecified atom stereocenters. The van der Waals surface area contributed by atoms with Crippen LogP contribution in [0, 0.1) is 17.1 Å². The second-order valence-corrected chi connectivity index (χ2v) is 4.18. The molecule has 0 aliphatic carbocycles. The molecule has 0 fully saturated rings. The zero-order chi connectivity index (χ0) is 13.8. The van der Waals surface area contributed by atoms with Crippen molar-refractivity contribution < 1.29 is 9.18 Å². The second-order valence-electron chi connectivity index (χ2n) is 3.77. The molecule has 3 nitrogen and oxygen atoms in total. The Bertz CT molecular complexity index is 679. The molecule has 0 aliphatic heterocycles. The molecular formula is C14H8ClFN2O. The van der Waals surface area contributed by atoms with Crippen molar-refractivity contribution in [3.63, 3.8) is 0 Å². The number of nitriles is 1. The molecule has 0 atom stereocenters. The average Bonchev–Trinajstić information content (AvgIpc) is 2.38. The summed E-state index contributed by atoms with van der Waals surface area (Å²) in [5.74, 6) is -0.965. The van der Waals surface area contributed by atoms with Crippen molar-refractivity contribution in [1.29, 1.82) is 5.26 Å². The summed E-state index contributed by atoms with van der Waals surface area (Å²) in [4.78, 5) is 11.9. The molecule has 0 saturated heterocycles. The van der Waals surface area contributed by atoms with Gasteiger partial charge in [0.05, 0.1) is 22.2 Å². The molecule has 0 aliphatic rings. The van der Waals surface area contributed by atoms with Crippen LogP contribution in [0.4, 0.5) is 10.1 Å². The molecule has 94 valence electrons. The number of anilines is 1. The molecule has 1 amide bonds. The first-order chi connectivity index (χ1) is 9.10. The Morgan fingerprint density at radius 1 is 1.26 bits per heavy atom. The summed E-state index contributed by atoms with van der Waals surface area (Å²) in [7, 11) is 0. The number of carbonyl (C=O) groups is 1. The quantitative estimate of drug-likeness (QED) is 0.909. The minimum Gasteiger partial charge on any atom is -0.322 e. The molecule has 2 rings (SSSR count).